The van der Waals surface area contributed by atoms with Crippen LogP contribution < -0.4 is 5.32 Å². The van der Waals surface area contributed by atoms with Gasteiger partial charge in [-0.3, -0.25) is 0 Å². The van der Waals surface area contributed by atoms with Crippen LogP contribution in [-0.2, 0) is 12.7 Å². The van der Waals surface area contributed by atoms with Crippen LogP contribution >= 0.6 is 0 Å². The van der Waals surface area contributed by atoms with Crippen molar-refractivity contribution < 1.29 is 17.6 Å². The van der Waals surface area contributed by atoms with Gasteiger partial charge in [-0.25, -0.2) is 9.37 Å². The number of fused-ring (bicyclic) bond motifs is 1. The van der Waals surface area contributed by atoms with E-state index in [1.807, 2.05) is 6.92 Å². The third-order valence-electron chi connectivity index (χ3n) is 5.47. The van der Waals surface area contributed by atoms with Crippen LogP contribution in [0.3, 0.4) is 0 Å². The maximum absolute atomic E-state index is 14.0. The van der Waals surface area contributed by atoms with Crippen LogP contribution in [0, 0.1) is 18.3 Å². The standard InChI is InChI=1S/C20H18F4N6/c1-11(13-4-3-5-13)27-18-16-17(28-19(25-2)29-18)26-10-30(16)9-12-6-7-14(15(21)8-12)20(22,23)24/h6-8,10-11,13H,3-5,9H2,1H3,(H,27,28,29)/t11-/m1/s1. The van der Waals surface area contributed by atoms with Crippen molar-refractivity contribution in [3.8, 4) is 0 Å². The zero-order valence-electron chi connectivity index (χ0n) is 16.0. The van der Waals surface area contributed by atoms with Crippen LogP contribution in [0.15, 0.2) is 24.5 Å². The summed E-state index contributed by atoms with van der Waals surface area (Å²) in [6.07, 6.45) is 0.121. The molecule has 0 amide bonds. The van der Waals surface area contributed by atoms with Gasteiger partial charge in [0.05, 0.1) is 11.9 Å². The number of hydrogen-bond acceptors (Lipinski definition) is 4. The number of rotatable bonds is 5. The van der Waals surface area contributed by atoms with E-state index in [-0.39, 0.29) is 18.5 Å². The second-order valence-corrected chi connectivity index (χ2v) is 7.46. The number of alkyl halides is 3. The minimum atomic E-state index is -4.75. The van der Waals surface area contributed by atoms with Crippen molar-refractivity contribution in [2.45, 2.75) is 44.9 Å². The fraction of sp³-hybridized carbons (Fsp3) is 0.400. The Bertz CT molecular complexity index is 1130. The minimum Gasteiger partial charge on any atom is -0.394 e. The van der Waals surface area contributed by atoms with E-state index in [0.29, 0.717) is 28.5 Å². The van der Waals surface area contributed by atoms with E-state index < -0.39 is 17.6 Å². The Labute approximate surface area is 169 Å². The van der Waals surface area contributed by atoms with Gasteiger partial charge in [0.15, 0.2) is 5.52 Å². The molecule has 1 saturated carbocycles. The second-order valence-electron chi connectivity index (χ2n) is 7.46. The van der Waals surface area contributed by atoms with Crippen molar-refractivity contribution in [3.05, 3.63) is 52.9 Å². The summed E-state index contributed by atoms with van der Waals surface area (Å²) in [7, 11) is 0. The number of nitrogens with one attached hydrogen (secondary N) is 1. The lowest BCUT2D eigenvalue weighted by Crippen LogP contribution is -2.31. The summed E-state index contributed by atoms with van der Waals surface area (Å²) in [5.74, 6) is -0.424. The van der Waals surface area contributed by atoms with E-state index >= 15 is 0 Å². The average Bonchev–Trinajstić information content (AvgIpc) is 3.02. The second kappa shape index (κ2) is 7.55. The molecule has 156 valence electrons. The first-order valence-electron chi connectivity index (χ1n) is 9.48. The number of benzene rings is 1. The molecular formula is C20H18F4N6. The van der Waals surface area contributed by atoms with Gasteiger partial charge < -0.3 is 14.7 Å². The molecule has 1 atom stereocenters. The first-order valence-corrected chi connectivity index (χ1v) is 9.48. The zero-order chi connectivity index (χ0) is 21.5. The van der Waals surface area contributed by atoms with E-state index in [2.05, 4.69) is 25.1 Å². The molecule has 0 spiro atoms. The van der Waals surface area contributed by atoms with Crippen LogP contribution in [0.4, 0.5) is 29.3 Å². The number of anilines is 1. The van der Waals surface area contributed by atoms with Gasteiger partial charge in [0, 0.05) is 12.6 Å². The van der Waals surface area contributed by atoms with Crippen molar-refractivity contribution in [1.82, 2.24) is 19.5 Å². The summed E-state index contributed by atoms with van der Waals surface area (Å²) in [6.45, 7) is 9.34. The van der Waals surface area contributed by atoms with Gasteiger partial charge in [0.2, 0.25) is 11.5 Å². The Morgan fingerprint density at radius 3 is 2.67 bits per heavy atom. The highest BCUT2D eigenvalue weighted by Gasteiger charge is 2.34. The Morgan fingerprint density at radius 2 is 2.07 bits per heavy atom. The molecular weight excluding hydrogens is 400 g/mol. The molecule has 6 nitrogen and oxygen atoms in total. The van der Waals surface area contributed by atoms with Gasteiger partial charge in [0.25, 0.3) is 0 Å². The van der Waals surface area contributed by atoms with Crippen molar-refractivity contribution in [1.29, 1.82) is 0 Å². The highest BCUT2D eigenvalue weighted by molar-refractivity contribution is 5.84. The summed E-state index contributed by atoms with van der Waals surface area (Å²) in [6, 6.07) is 2.96. The number of imidazole rings is 1. The Hall–Kier alpha value is -3.22. The van der Waals surface area contributed by atoms with E-state index in [0.717, 1.165) is 25.0 Å². The summed E-state index contributed by atoms with van der Waals surface area (Å²) in [5, 5.41) is 3.34. The van der Waals surface area contributed by atoms with Crippen LogP contribution in [-0.4, -0.2) is 25.6 Å². The number of nitrogens with zero attached hydrogens (tertiary/aromatic N) is 5. The third kappa shape index (κ3) is 3.79. The van der Waals surface area contributed by atoms with Gasteiger partial charge in [0.1, 0.15) is 5.82 Å². The van der Waals surface area contributed by atoms with E-state index in [1.54, 1.807) is 4.57 Å². The Balaban J connectivity index is 1.69. The summed E-state index contributed by atoms with van der Waals surface area (Å²) < 4.78 is 54.0. The maximum Gasteiger partial charge on any atom is 0.419 e. The Morgan fingerprint density at radius 1 is 1.30 bits per heavy atom. The molecule has 0 bridgehead atoms. The van der Waals surface area contributed by atoms with E-state index in [1.165, 1.54) is 18.8 Å². The fourth-order valence-corrected chi connectivity index (χ4v) is 3.60. The van der Waals surface area contributed by atoms with Gasteiger partial charge in [-0.1, -0.05) is 12.5 Å². The normalized spacial score (nSPS) is 15.6. The molecule has 0 unspecified atom stereocenters. The molecule has 3 aromatic rings. The molecule has 10 heteroatoms. The summed E-state index contributed by atoms with van der Waals surface area (Å²) in [4.78, 5) is 15.9. The molecule has 1 aliphatic rings. The van der Waals surface area contributed by atoms with Crippen LogP contribution in [0.2, 0.25) is 0 Å². The molecule has 1 fully saturated rings. The van der Waals surface area contributed by atoms with Crippen molar-refractivity contribution >= 4 is 22.9 Å². The molecule has 0 radical (unpaired) electrons. The van der Waals surface area contributed by atoms with Crippen molar-refractivity contribution in [2.75, 3.05) is 5.32 Å². The molecule has 2 aromatic heterocycles. The predicted octanol–water partition coefficient (Wildman–Crippen LogP) is 5.18. The topological polar surface area (TPSA) is 60.0 Å². The van der Waals surface area contributed by atoms with E-state index in [4.69, 9.17) is 6.57 Å². The molecule has 0 saturated heterocycles. The van der Waals surface area contributed by atoms with Crippen LogP contribution in [0.25, 0.3) is 16.0 Å². The lowest BCUT2D eigenvalue weighted by atomic mass is 9.80. The molecule has 30 heavy (non-hydrogen) atoms. The number of aromatic nitrogens is 4. The summed E-state index contributed by atoms with van der Waals surface area (Å²) in [5.41, 5.74) is -0.143. The largest absolute Gasteiger partial charge is 0.419 e. The number of hydrogen-bond donors (Lipinski definition) is 1. The molecule has 4 rings (SSSR count). The molecule has 2 heterocycles. The quantitative estimate of drug-likeness (QED) is 0.458. The SMILES string of the molecule is [C-]#[N+]c1nc(N[C@H](C)C2CCC2)c2c(ncn2Cc2ccc(C(F)(F)F)c(F)c2)n1. The van der Waals surface area contributed by atoms with Crippen LogP contribution in [0.5, 0.6) is 0 Å². The highest BCUT2D eigenvalue weighted by Crippen LogP contribution is 2.33. The third-order valence-corrected chi connectivity index (χ3v) is 5.47. The van der Waals surface area contributed by atoms with Crippen LogP contribution in [0.1, 0.15) is 37.3 Å². The first kappa shape index (κ1) is 20.1. The van der Waals surface area contributed by atoms with Gasteiger partial charge >= 0.3 is 12.1 Å². The molecule has 1 aliphatic carbocycles. The highest BCUT2D eigenvalue weighted by atomic mass is 19.4. The van der Waals surface area contributed by atoms with Gasteiger partial charge in [-0.2, -0.15) is 13.2 Å². The monoisotopic (exact) mass is 418 g/mol. The molecule has 1 N–H and O–H groups in total. The minimum absolute atomic E-state index is 0.0448. The summed E-state index contributed by atoms with van der Waals surface area (Å²) >= 11 is 0. The lowest BCUT2D eigenvalue weighted by Gasteiger charge is -2.31. The smallest absolute Gasteiger partial charge is 0.394 e. The lowest BCUT2D eigenvalue weighted by molar-refractivity contribution is -0.140. The zero-order valence-corrected chi connectivity index (χ0v) is 16.0. The predicted molar refractivity (Wildman–Crippen MR) is 103 cm³/mol. The van der Waals surface area contributed by atoms with Gasteiger partial charge in [-0.05, 0) is 43.4 Å². The maximum atomic E-state index is 14.0. The van der Waals surface area contributed by atoms with Crippen molar-refractivity contribution in [3.63, 3.8) is 0 Å². The Kier molecular flexibility index (Phi) is 5.05. The fourth-order valence-electron chi connectivity index (χ4n) is 3.60. The van der Waals surface area contributed by atoms with Crippen molar-refractivity contribution in [2.24, 2.45) is 5.92 Å². The first-order chi connectivity index (χ1) is 14.3. The molecule has 1 aromatic carbocycles. The average molecular weight is 418 g/mol. The van der Waals surface area contributed by atoms with E-state index in [9.17, 15) is 17.6 Å². The molecule has 0 aliphatic heterocycles. The number of halogens is 4. The van der Waals surface area contributed by atoms with Gasteiger partial charge in [-0.15, -0.1) is 16.5 Å².